The molecule has 2 heterocycles. The maximum Gasteiger partial charge on any atom is 0.261 e. The van der Waals surface area contributed by atoms with E-state index in [1.165, 1.54) is 29.1 Å². The van der Waals surface area contributed by atoms with Crippen molar-refractivity contribution in [3.8, 4) is 11.5 Å². The summed E-state index contributed by atoms with van der Waals surface area (Å²) in [6, 6.07) is 15.6. The molecular weight excluding hydrogens is 407 g/mol. The molecule has 0 fully saturated rings. The Morgan fingerprint density at radius 2 is 1.77 bits per heavy atom. The zero-order valence-corrected chi connectivity index (χ0v) is 16.7. The quantitative estimate of drug-likeness (QED) is 0.532. The van der Waals surface area contributed by atoms with Crippen molar-refractivity contribution in [2.45, 2.75) is 4.90 Å². The van der Waals surface area contributed by atoms with Gasteiger partial charge in [-0.1, -0.05) is 18.2 Å². The molecule has 0 aliphatic carbocycles. The van der Waals surface area contributed by atoms with Crippen molar-refractivity contribution in [3.05, 3.63) is 90.6 Å². The second-order valence-electron chi connectivity index (χ2n) is 6.59. The third kappa shape index (κ3) is 3.74. The molecule has 0 radical (unpaired) electrons. The van der Waals surface area contributed by atoms with Crippen molar-refractivity contribution in [2.24, 2.45) is 0 Å². The molecule has 4 aromatic rings. The number of anilines is 1. The van der Waals surface area contributed by atoms with Crippen molar-refractivity contribution in [1.82, 2.24) is 14.3 Å². The molecule has 30 heavy (non-hydrogen) atoms. The number of para-hydroxylation sites is 1. The van der Waals surface area contributed by atoms with E-state index in [9.17, 15) is 17.6 Å². The van der Waals surface area contributed by atoms with Gasteiger partial charge in [0, 0.05) is 24.3 Å². The molecule has 2 aromatic heterocycles. The van der Waals surface area contributed by atoms with Crippen LogP contribution in [-0.2, 0) is 9.84 Å². The third-order valence-electron chi connectivity index (χ3n) is 4.44. The van der Waals surface area contributed by atoms with Crippen LogP contribution in [0.25, 0.3) is 11.5 Å². The van der Waals surface area contributed by atoms with E-state index < -0.39 is 21.6 Å². The van der Waals surface area contributed by atoms with Gasteiger partial charge in [-0.3, -0.25) is 4.79 Å². The van der Waals surface area contributed by atoms with Crippen LogP contribution in [0.2, 0.25) is 0 Å². The van der Waals surface area contributed by atoms with Gasteiger partial charge in [-0.2, -0.15) is 5.10 Å². The standard InChI is InChI=1S/C21H17FN4O3S/c1-30(28,29)16-8-6-7-15(13-16)24-20(27)17-14-23-26(19-10-3-2-9-18(19)22)21(17)25-11-4-5-12-25/h2-14H,1H3,(H,24,27). The molecule has 2 aromatic carbocycles. The molecular formula is C21H17FN4O3S. The summed E-state index contributed by atoms with van der Waals surface area (Å²) in [5.41, 5.74) is 0.707. The molecule has 152 valence electrons. The summed E-state index contributed by atoms with van der Waals surface area (Å²) in [5, 5.41) is 6.91. The van der Waals surface area contributed by atoms with Crippen molar-refractivity contribution in [2.75, 3.05) is 11.6 Å². The van der Waals surface area contributed by atoms with E-state index in [0.717, 1.165) is 6.26 Å². The third-order valence-corrected chi connectivity index (χ3v) is 5.55. The summed E-state index contributed by atoms with van der Waals surface area (Å²) < 4.78 is 40.9. The first kappa shape index (κ1) is 19.6. The maximum absolute atomic E-state index is 14.4. The monoisotopic (exact) mass is 424 g/mol. The van der Waals surface area contributed by atoms with Crippen LogP contribution in [0.4, 0.5) is 10.1 Å². The fourth-order valence-electron chi connectivity index (χ4n) is 3.03. The fourth-order valence-corrected chi connectivity index (χ4v) is 3.70. The Morgan fingerprint density at radius 1 is 1.03 bits per heavy atom. The number of sulfone groups is 1. The Balaban J connectivity index is 1.77. The lowest BCUT2D eigenvalue weighted by atomic mass is 10.2. The van der Waals surface area contributed by atoms with Gasteiger partial charge in [0.05, 0.1) is 11.1 Å². The van der Waals surface area contributed by atoms with Gasteiger partial charge < -0.3 is 9.88 Å². The first-order chi connectivity index (χ1) is 14.3. The zero-order valence-electron chi connectivity index (χ0n) is 15.9. The summed E-state index contributed by atoms with van der Waals surface area (Å²) in [6.45, 7) is 0. The second kappa shape index (κ2) is 7.60. The van der Waals surface area contributed by atoms with Gasteiger partial charge in [-0.05, 0) is 42.5 Å². The molecule has 0 atom stereocenters. The molecule has 0 unspecified atom stereocenters. The van der Waals surface area contributed by atoms with Crippen molar-refractivity contribution >= 4 is 21.4 Å². The average Bonchev–Trinajstić information content (AvgIpc) is 3.37. The van der Waals surface area contributed by atoms with Crippen LogP contribution >= 0.6 is 0 Å². The van der Waals surface area contributed by atoms with Gasteiger partial charge >= 0.3 is 0 Å². The number of carbonyl (C=O) groups excluding carboxylic acids is 1. The smallest absolute Gasteiger partial charge is 0.261 e. The summed E-state index contributed by atoms with van der Waals surface area (Å²) in [7, 11) is -3.42. The molecule has 9 heteroatoms. The Kier molecular flexibility index (Phi) is 4.96. The Labute approximate surface area is 172 Å². The van der Waals surface area contributed by atoms with E-state index in [4.69, 9.17) is 0 Å². The van der Waals surface area contributed by atoms with E-state index in [2.05, 4.69) is 10.4 Å². The lowest BCUT2D eigenvalue weighted by Gasteiger charge is -2.12. The van der Waals surface area contributed by atoms with Crippen LogP contribution in [0.5, 0.6) is 0 Å². The largest absolute Gasteiger partial charge is 0.322 e. The number of nitrogens with zero attached hydrogens (tertiary/aromatic N) is 3. The summed E-state index contributed by atoms with van der Waals surface area (Å²) >= 11 is 0. The first-order valence-corrected chi connectivity index (χ1v) is 10.8. The zero-order chi connectivity index (χ0) is 21.3. The summed E-state index contributed by atoms with van der Waals surface area (Å²) in [6.07, 6.45) is 5.87. The van der Waals surface area contributed by atoms with Gasteiger partial charge in [0.25, 0.3) is 5.91 Å². The Bertz CT molecular complexity index is 1330. The highest BCUT2D eigenvalue weighted by Crippen LogP contribution is 2.23. The lowest BCUT2D eigenvalue weighted by molar-refractivity contribution is 0.102. The molecule has 0 saturated carbocycles. The fraction of sp³-hybridized carbons (Fsp3) is 0.0476. The molecule has 0 aliphatic rings. The van der Waals surface area contributed by atoms with E-state index in [0.29, 0.717) is 11.5 Å². The topological polar surface area (TPSA) is 86.0 Å². The molecule has 7 nitrogen and oxygen atoms in total. The van der Waals surface area contributed by atoms with Crippen LogP contribution in [-0.4, -0.2) is 34.9 Å². The van der Waals surface area contributed by atoms with Crippen LogP contribution in [0.3, 0.4) is 0 Å². The average molecular weight is 424 g/mol. The van der Waals surface area contributed by atoms with Gasteiger partial charge in [-0.15, -0.1) is 0 Å². The molecule has 0 aliphatic heterocycles. The summed E-state index contributed by atoms with van der Waals surface area (Å²) in [4.78, 5) is 13.1. The maximum atomic E-state index is 14.4. The van der Waals surface area contributed by atoms with E-state index in [1.54, 1.807) is 59.4 Å². The van der Waals surface area contributed by atoms with Crippen molar-refractivity contribution in [3.63, 3.8) is 0 Å². The van der Waals surface area contributed by atoms with E-state index >= 15 is 0 Å². The molecule has 0 bridgehead atoms. The molecule has 1 N–H and O–H groups in total. The predicted octanol–water partition coefficient (Wildman–Crippen LogP) is 3.46. The second-order valence-corrected chi connectivity index (χ2v) is 8.61. The van der Waals surface area contributed by atoms with Gasteiger partial charge in [0.15, 0.2) is 15.7 Å². The SMILES string of the molecule is CS(=O)(=O)c1cccc(NC(=O)c2cnn(-c3ccccc3F)c2-n2cccc2)c1. The number of amides is 1. The Morgan fingerprint density at radius 3 is 2.47 bits per heavy atom. The highest BCUT2D eigenvalue weighted by atomic mass is 32.2. The molecule has 0 spiro atoms. The Hall–Kier alpha value is -3.72. The number of rotatable bonds is 5. The van der Waals surface area contributed by atoms with E-state index in [1.807, 2.05) is 0 Å². The number of hydrogen-bond donors (Lipinski definition) is 1. The van der Waals surface area contributed by atoms with Gasteiger partial charge in [0.1, 0.15) is 17.1 Å². The highest BCUT2D eigenvalue weighted by molar-refractivity contribution is 7.90. The summed E-state index contributed by atoms with van der Waals surface area (Å²) in [5.74, 6) is -0.643. The molecule has 4 rings (SSSR count). The van der Waals surface area contributed by atoms with Crippen molar-refractivity contribution in [1.29, 1.82) is 0 Å². The molecule has 0 saturated heterocycles. The number of hydrogen-bond acceptors (Lipinski definition) is 4. The minimum Gasteiger partial charge on any atom is -0.322 e. The first-order valence-electron chi connectivity index (χ1n) is 8.92. The van der Waals surface area contributed by atoms with Crippen molar-refractivity contribution < 1.29 is 17.6 Å². The van der Waals surface area contributed by atoms with Crippen LogP contribution < -0.4 is 5.32 Å². The van der Waals surface area contributed by atoms with Gasteiger partial charge in [0.2, 0.25) is 0 Å². The number of aromatic nitrogens is 3. The normalized spacial score (nSPS) is 11.4. The number of carbonyl (C=O) groups is 1. The predicted molar refractivity (Wildman–Crippen MR) is 110 cm³/mol. The van der Waals surface area contributed by atoms with Crippen LogP contribution in [0.15, 0.2) is 84.1 Å². The minimum absolute atomic E-state index is 0.0907. The van der Waals surface area contributed by atoms with Crippen LogP contribution in [0.1, 0.15) is 10.4 Å². The lowest BCUT2D eigenvalue weighted by Crippen LogP contribution is -2.16. The number of nitrogens with one attached hydrogen (secondary N) is 1. The number of benzene rings is 2. The van der Waals surface area contributed by atoms with E-state index in [-0.39, 0.29) is 16.1 Å². The van der Waals surface area contributed by atoms with Gasteiger partial charge in [-0.25, -0.2) is 17.5 Å². The highest BCUT2D eigenvalue weighted by Gasteiger charge is 2.21. The molecule has 1 amide bonds. The number of halogens is 1. The van der Waals surface area contributed by atoms with Crippen LogP contribution in [0, 0.1) is 5.82 Å². The minimum atomic E-state index is -3.42.